The van der Waals surface area contributed by atoms with Crippen LogP contribution in [0.15, 0.2) is 6.07 Å². The molecule has 0 amide bonds. The Kier molecular flexibility index (Phi) is 3.59. The fourth-order valence-corrected chi connectivity index (χ4v) is 2.64. The highest BCUT2D eigenvalue weighted by atomic mass is 35.5. The highest BCUT2D eigenvalue weighted by Gasteiger charge is 2.32. The summed E-state index contributed by atoms with van der Waals surface area (Å²) in [7, 11) is 3.81. The van der Waals surface area contributed by atoms with Gasteiger partial charge in [0.25, 0.3) is 0 Å². The molecule has 0 fully saturated rings. The average Bonchev–Trinajstić information content (AvgIpc) is 2.81. The zero-order valence-corrected chi connectivity index (χ0v) is 11.7. The van der Waals surface area contributed by atoms with E-state index in [1.54, 1.807) is 7.11 Å². The maximum atomic E-state index is 5.63. The number of benzene rings is 1. The Morgan fingerprint density at radius 2 is 2.06 bits per heavy atom. The van der Waals surface area contributed by atoms with Crippen molar-refractivity contribution >= 4 is 12.4 Å². The highest BCUT2D eigenvalue weighted by molar-refractivity contribution is 5.85. The number of ether oxygens (including phenoxy) is 3. The van der Waals surface area contributed by atoms with Gasteiger partial charge in [-0.15, -0.1) is 12.4 Å². The number of fused-ring (bicyclic) bond motifs is 3. The molecular formula is C13H18ClNO3. The van der Waals surface area contributed by atoms with E-state index in [9.17, 15) is 0 Å². The summed E-state index contributed by atoms with van der Waals surface area (Å²) >= 11 is 0. The molecule has 1 aromatic carbocycles. The van der Waals surface area contributed by atoms with E-state index in [-0.39, 0.29) is 12.4 Å². The summed E-state index contributed by atoms with van der Waals surface area (Å²) in [6.07, 6.45) is 1.03. The molecule has 3 rings (SSSR count). The van der Waals surface area contributed by atoms with E-state index in [0.717, 1.165) is 30.2 Å². The van der Waals surface area contributed by atoms with Gasteiger partial charge in [0.1, 0.15) is 0 Å². The maximum absolute atomic E-state index is 5.63. The van der Waals surface area contributed by atoms with E-state index in [1.807, 2.05) is 0 Å². The molecule has 0 bridgehead atoms. The van der Waals surface area contributed by atoms with Crippen LogP contribution in [0.3, 0.4) is 0 Å². The predicted molar refractivity (Wildman–Crippen MR) is 71.1 cm³/mol. The predicted octanol–water partition coefficient (Wildman–Crippen LogP) is 2.39. The number of halogens is 1. The molecule has 1 atom stereocenters. The van der Waals surface area contributed by atoms with Gasteiger partial charge in [0.2, 0.25) is 12.5 Å². The minimum absolute atomic E-state index is 0. The molecule has 0 saturated heterocycles. The third-order valence-corrected chi connectivity index (χ3v) is 3.77. The summed E-state index contributed by atoms with van der Waals surface area (Å²) in [5.74, 6) is 2.42. The van der Waals surface area contributed by atoms with Gasteiger partial charge in [-0.05, 0) is 32.0 Å². The molecule has 0 unspecified atom stereocenters. The first-order valence-electron chi connectivity index (χ1n) is 5.92. The van der Waals surface area contributed by atoms with Crippen molar-refractivity contribution in [3.05, 3.63) is 17.2 Å². The van der Waals surface area contributed by atoms with Crippen molar-refractivity contribution in [1.82, 2.24) is 4.90 Å². The number of hydrogen-bond acceptors (Lipinski definition) is 4. The van der Waals surface area contributed by atoms with Crippen LogP contribution < -0.4 is 14.2 Å². The standard InChI is InChI=1S/C13H17NO3.ClH/c1-8-11-9(4-5-14(8)2)6-10(15-3)12-13(11)17-7-16-12;/h6,8H,4-5,7H2,1-3H3;1H/t8-;/m0./s1. The second-order valence-electron chi connectivity index (χ2n) is 4.62. The Labute approximate surface area is 113 Å². The SMILES string of the molecule is COc1cc2c(c3c1OCO3)[C@H](C)N(C)CC2.Cl. The van der Waals surface area contributed by atoms with Crippen LogP contribution in [0.4, 0.5) is 0 Å². The second-order valence-corrected chi connectivity index (χ2v) is 4.62. The number of nitrogens with zero attached hydrogens (tertiary/aromatic N) is 1. The molecule has 0 aromatic heterocycles. The fraction of sp³-hybridized carbons (Fsp3) is 0.538. The quantitative estimate of drug-likeness (QED) is 0.785. The number of methoxy groups -OCH3 is 1. The molecule has 2 aliphatic rings. The first-order chi connectivity index (χ1) is 8.22. The summed E-state index contributed by atoms with van der Waals surface area (Å²) in [6.45, 7) is 3.56. The Bertz CT molecular complexity index is 464. The van der Waals surface area contributed by atoms with Crippen LogP contribution in [0, 0.1) is 0 Å². The number of rotatable bonds is 1. The Hall–Kier alpha value is -1.13. The zero-order valence-electron chi connectivity index (χ0n) is 10.9. The first-order valence-corrected chi connectivity index (χ1v) is 5.92. The van der Waals surface area contributed by atoms with E-state index >= 15 is 0 Å². The van der Waals surface area contributed by atoms with Crippen molar-refractivity contribution in [2.45, 2.75) is 19.4 Å². The lowest BCUT2D eigenvalue weighted by molar-refractivity contribution is 0.167. The van der Waals surface area contributed by atoms with Crippen LogP contribution >= 0.6 is 12.4 Å². The number of likely N-dealkylation sites (N-methyl/N-ethyl adjacent to an activating group) is 1. The van der Waals surface area contributed by atoms with Gasteiger partial charge >= 0.3 is 0 Å². The third kappa shape index (κ3) is 1.80. The molecule has 2 heterocycles. The summed E-state index contributed by atoms with van der Waals surface area (Å²) in [5, 5.41) is 0. The van der Waals surface area contributed by atoms with Gasteiger partial charge in [-0.2, -0.15) is 0 Å². The monoisotopic (exact) mass is 271 g/mol. The van der Waals surface area contributed by atoms with Gasteiger partial charge in [0, 0.05) is 18.2 Å². The van der Waals surface area contributed by atoms with Crippen LogP contribution in [0.1, 0.15) is 24.1 Å². The van der Waals surface area contributed by atoms with Gasteiger partial charge in [-0.1, -0.05) is 0 Å². The van der Waals surface area contributed by atoms with Gasteiger partial charge in [-0.3, -0.25) is 4.90 Å². The van der Waals surface area contributed by atoms with Crippen molar-refractivity contribution in [3.63, 3.8) is 0 Å². The topological polar surface area (TPSA) is 30.9 Å². The Morgan fingerprint density at radius 3 is 2.78 bits per heavy atom. The van der Waals surface area contributed by atoms with Crippen molar-refractivity contribution < 1.29 is 14.2 Å². The van der Waals surface area contributed by atoms with Gasteiger partial charge in [-0.25, -0.2) is 0 Å². The Balaban J connectivity index is 0.00000120. The molecule has 0 aliphatic carbocycles. The smallest absolute Gasteiger partial charge is 0.231 e. The van der Waals surface area contributed by atoms with Gasteiger partial charge in [0.05, 0.1) is 7.11 Å². The van der Waals surface area contributed by atoms with Gasteiger partial charge in [0.15, 0.2) is 11.5 Å². The second kappa shape index (κ2) is 4.86. The highest BCUT2D eigenvalue weighted by Crippen LogP contribution is 2.49. The first kappa shape index (κ1) is 13.3. The molecule has 0 N–H and O–H groups in total. The van der Waals surface area contributed by atoms with Crippen LogP contribution in [0.5, 0.6) is 17.2 Å². The molecule has 4 nitrogen and oxygen atoms in total. The minimum atomic E-state index is 0. The number of hydrogen-bond donors (Lipinski definition) is 0. The molecule has 18 heavy (non-hydrogen) atoms. The summed E-state index contributed by atoms with van der Waals surface area (Å²) in [6, 6.07) is 2.45. The van der Waals surface area contributed by atoms with Crippen LogP contribution in [-0.2, 0) is 6.42 Å². The van der Waals surface area contributed by atoms with Crippen LogP contribution in [0.25, 0.3) is 0 Å². The van der Waals surface area contributed by atoms with E-state index in [0.29, 0.717) is 12.8 Å². The van der Waals surface area contributed by atoms with Crippen molar-refractivity contribution in [2.75, 3.05) is 27.5 Å². The summed E-state index contributed by atoms with van der Waals surface area (Å²) < 4.78 is 16.5. The van der Waals surface area contributed by atoms with Crippen molar-refractivity contribution in [3.8, 4) is 17.2 Å². The maximum Gasteiger partial charge on any atom is 0.231 e. The normalized spacial score (nSPS) is 21.2. The molecular weight excluding hydrogens is 254 g/mol. The largest absolute Gasteiger partial charge is 0.493 e. The molecule has 2 aliphatic heterocycles. The van der Waals surface area contributed by atoms with Crippen LogP contribution in [0.2, 0.25) is 0 Å². The van der Waals surface area contributed by atoms with Crippen molar-refractivity contribution in [1.29, 1.82) is 0 Å². The molecule has 0 saturated carbocycles. The molecule has 100 valence electrons. The third-order valence-electron chi connectivity index (χ3n) is 3.77. The average molecular weight is 272 g/mol. The van der Waals surface area contributed by atoms with E-state index < -0.39 is 0 Å². The molecule has 5 heteroatoms. The molecule has 0 spiro atoms. The summed E-state index contributed by atoms with van der Waals surface area (Å²) in [5.41, 5.74) is 2.57. The van der Waals surface area contributed by atoms with Crippen molar-refractivity contribution in [2.24, 2.45) is 0 Å². The summed E-state index contributed by atoms with van der Waals surface area (Å²) in [4.78, 5) is 2.33. The lowest BCUT2D eigenvalue weighted by Crippen LogP contribution is -2.30. The molecule has 1 aromatic rings. The lowest BCUT2D eigenvalue weighted by Gasteiger charge is -2.32. The van der Waals surface area contributed by atoms with E-state index in [1.165, 1.54) is 11.1 Å². The fourth-order valence-electron chi connectivity index (χ4n) is 2.64. The van der Waals surface area contributed by atoms with E-state index in [2.05, 4.69) is 24.9 Å². The Morgan fingerprint density at radius 1 is 1.33 bits per heavy atom. The zero-order chi connectivity index (χ0) is 12.0. The van der Waals surface area contributed by atoms with Gasteiger partial charge < -0.3 is 14.2 Å². The minimum Gasteiger partial charge on any atom is -0.493 e. The molecule has 0 radical (unpaired) electrons. The van der Waals surface area contributed by atoms with E-state index in [4.69, 9.17) is 14.2 Å². The lowest BCUT2D eigenvalue weighted by atomic mass is 9.92. The van der Waals surface area contributed by atoms with Crippen LogP contribution in [-0.4, -0.2) is 32.4 Å².